The number of Topliss-reactive ketones (excluding diaryl/α,β-unsaturated/α-hetero) is 1. The van der Waals surface area contributed by atoms with Gasteiger partial charge in [0, 0.05) is 18.0 Å². The van der Waals surface area contributed by atoms with Gasteiger partial charge in [0.05, 0.1) is 28.4 Å². The molecule has 1 amide bonds. The highest BCUT2D eigenvalue weighted by Crippen LogP contribution is 2.44. The number of rotatable bonds is 8. The summed E-state index contributed by atoms with van der Waals surface area (Å²) in [7, 11) is 0. The van der Waals surface area contributed by atoms with Crippen LogP contribution < -0.4 is 14.4 Å². The number of aliphatic hydroxyl groups excluding tert-OH is 1. The number of thiazole rings is 1. The lowest BCUT2D eigenvalue weighted by molar-refractivity contribution is -0.132. The molecular weight excluding hydrogens is 538 g/mol. The largest absolute Gasteiger partial charge is 0.507 e. The number of carbonyl (C=O) groups is 2. The molecule has 0 spiro atoms. The first kappa shape index (κ1) is 26.2. The van der Waals surface area contributed by atoms with Gasteiger partial charge in [-0.2, -0.15) is 0 Å². The first-order valence-corrected chi connectivity index (χ1v) is 13.9. The van der Waals surface area contributed by atoms with E-state index in [2.05, 4.69) is 9.97 Å². The van der Waals surface area contributed by atoms with Crippen molar-refractivity contribution < 1.29 is 24.2 Å². The SMILES string of the molecule is CCOc1ccc2nc(N3C(=O)C(=O)C(=C(O)c4ccncc4)C3c3ccc(OCc4ccccc4)cc3)sc2c1. The second kappa shape index (κ2) is 11.2. The smallest absolute Gasteiger partial charge is 0.301 e. The van der Waals surface area contributed by atoms with Gasteiger partial charge in [-0.3, -0.25) is 19.5 Å². The summed E-state index contributed by atoms with van der Waals surface area (Å²) >= 11 is 1.28. The zero-order valence-corrected chi connectivity index (χ0v) is 22.9. The van der Waals surface area contributed by atoms with Crippen LogP contribution in [0.25, 0.3) is 16.0 Å². The molecule has 1 N–H and O–H groups in total. The van der Waals surface area contributed by atoms with Crippen LogP contribution in [0.5, 0.6) is 11.5 Å². The van der Waals surface area contributed by atoms with E-state index < -0.39 is 17.7 Å². The monoisotopic (exact) mass is 563 g/mol. The van der Waals surface area contributed by atoms with E-state index in [0.29, 0.717) is 46.5 Å². The standard InChI is InChI=1S/C32H25N3O5S/c1-2-39-24-12-13-25-26(18-24)41-32(34-25)35-28(27(30(37)31(35)38)29(36)22-14-16-33-17-15-22)21-8-10-23(11-9-21)40-19-20-6-4-3-5-7-20/h3-18,28,36H,2,19H2,1H3. The highest BCUT2D eigenvalue weighted by Gasteiger charge is 2.48. The first-order valence-electron chi connectivity index (χ1n) is 13.0. The Morgan fingerprint density at radius 2 is 1.66 bits per heavy atom. The van der Waals surface area contributed by atoms with Crippen molar-refractivity contribution >= 4 is 44.1 Å². The molecule has 8 nitrogen and oxygen atoms in total. The minimum Gasteiger partial charge on any atom is -0.507 e. The third-order valence-corrected chi connectivity index (χ3v) is 7.73. The van der Waals surface area contributed by atoms with E-state index in [0.717, 1.165) is 10.3 Å². The van der Waals surface area contributed by atoms with Crippen molar-refractivity contribution in [1.29, 1.82) is 0 Å². The third kappa shape index (κ3) is 5.15. The number of ether oxygens (including phenoxy) is 2. The van der Waals surface area contributed by atoms with Crippen LogP contribution in [0.15, 0.2) is 103 Å². The van der Waals surface area contributed by atoms with Crippen molar-refractivity contribution in [2.24, 2.45) is 0 Å². The van der Waals surface area contributed by atoms with Crippen molar-refractivity contribution in [2.45, 2.75) is 19.6 Å². The quantitative estimate of drug-likeness (QED) is 0.134. The van der Waals surface area contributed by atoms with Gasteiger partial charge in [0.15, 0.2) is 5.13 Å². The Balaban J connectivity index is 1.41. The van der Waals surface area contributed by atoms with E-state index in [1.165, 1.54) is 28.6 Å². The normalized spacial score (nSPS) is 16.3. The summed E-state index contributed by atoms with van der Waals surface area (Å²) in [5.41, 5.74) is 2.70. The molecule has 9 heteroatoms. The third-order valence-electron chi connectivity index (χ3n) is 6.71. The fraction of sp³-hybridized carbons (Fsp3) is 0.125. The molecule has 41 heavy (non-hydrogen) atoms. The zero-order chi connectivity index (χ0) is 28.3. The second-order valence-electron chi connectivity index (χ2n) is 9.31. The predicted octanol–water partition coefficient (Wildman–Crippen LogP) is 6.30. The number of hydrogen-bond donors (Lipinski definition) is 1. The number of aromatic nitrogens is 2. The maximum Gasteiger partial charge on any atom is 0.301 e. The van der Waals surface area contributed by atoms with Gasteiger partial charge >= 0.3 is 5.91 Å². The van der Waals surface area contributed by atoms with Crippen molar-refractivity contribution in [3.05, 3.63) is 120 Å². The van der Waals surface area contributed by atoms with Crippen molar-refractivity contribution in [3.63, 3.8) is 0 Å². The lowest BCUT2D eigenvalue weighted by Crippen LogP contribution is -2.29. The molecule has 0 radical (unpaired) electrons. The second-order valence-corrected chi connectivity index (χ2v) is 10.3. The Labute approximate surface area is 240 Å². The van der Waals surface area contributed by atoms with Gasteiger partial charge in [-0.25, -0.2) is 4.98 Å². The number of anilines is 1. The number of hydrogen-bond acceptors (Lipinski definition) is 8. The van der Waals surface area contributed by atoms with E-state index in [1.807, 2.05) is 55.5 Å². The molecule has 6 rings (SSSR count). The summed E-state index contributed by atoms with van der Waals surface area (Å²) in [6.45, 7) is 2.82. The van der Waals surface area contributed by atoms with E-state index in [4.69, 9.17) is 9.47 Å². The Hall–Kier alpha value is -5.02. The Morgan fingerprint density at radius 1 is 0.927 bits per heavy atom. The molecule has 1 atom stereocenters. The Morgan fingerprint density at radius 3 is 2.39 bits per heavy atom. The van der Waals surface area contributed by atoms with Crippen molar-refractivity contribution in [3.8, 4) is 11.5 Å². The maximum atomic E-state index is 13.5. The minimum absolute atomic E-state index is 0.0200. The summed E-state index contributed by atoms with van der Waals surface area (Å²) < 4.78 is 12.4. The lowest BCUT2D eigenvalue weighted by Gasteiger charge is -2.23. The molecule has 1 aliphatic heterocycles. The van der Waals surface area contributed by atoms with Gasteiger partial charge in [-0.05, 0) is 60.5 Å². The number of aliphatic hydroxyl groups is 1. The summed E-state index contributed by atoms with van der Waals surface area (Å²) in [5, 5.41) is 11.6. The fourth-order valence-electron chi connectivity index (χ4n) is 4.75. The molecular formula is C32H25N3O5S. The number of amides is 1. The predicted molar refractivity (Wildman–Crippen MR) is 157 cm³/mol. The van der Waals surface area contributed by atoms with Crippen LogP contribution in [0.2, 0.25) is 0 Å². The number of carbonyl (C=O) groups excluding carboxylic acids is 2. The molecule has 5 aromatic rings. The van der Waals surface area contributed by atoms with Gasteiger partial charge in [0.25, 0.3) is 5.78 Å². The molecule has 3 heterocycles. The van der Waals surface area contributed by atoms with Crippen LogP contribution >= 0.6 is 11.3 Å². The van der Waals surface area contributed by atoms with Crippen molar-refractivity contribution in [2.75, 3.05) is 11.5 Å². The van der Waals surface area contributed by atoms with Crippen LogP contribution in [-0.2, 0) is 16.2 Å². The van der Waals surface area contributed by atoms with Gasteiger partial charge < -0.3 is 14.6 Å². The first-order chi connectivity index (χ1) is 20.0. The number of ketones is 1. The number of benzene rings is 3. The Kier molecular flexibility index (Phi) is 7.18. The van der Waals surface area contributed by atoms with Crippen LogP contribution in [0, 0.1) is 0 Å². The highest BCUT2D eigenvalue weighted by atomic mass is 32.1. The molecule has 1 saturated heterocycles. The zero-order valence-electron chi connectivity index (χ0n) is 22.1. The van der Waals surface area contributed by atoms with Crippen LogP contribution in [-0.4, -0.2) is 33.4 Å². The summed E-state index contributed by atoms with van der Waals surface area (Å²) in [5.74, 6) is -0.505. The van der Waals surface area contributed by atoms with E-state index in [1.54, 1.807) is 36.4 Å². The van der Waals surface area contributed by atoms with Crippen LogP contribution in [0.3, 0.4) is 0 Å². The average molecular weight is 564 g/mol. The topological polar surface area (TPSA) is 102 Å². The molecule has 1 aliphatic rings. The van der Waals surface area contributed by atoms with Crippen molar-refractivity contribution in [1.82, 2.24) is 9.97 Å². The molecule has 0 saturated carbocycles. The van der Waals surface area contributed by atoms with E-state index >= 15 is 0 Å². The molecule has 0 bridgehead atoms. The molecule has 2 aromatic heterocycles. The van der Waals surface area contributed by atoms with Crippen LogP contribution in [0.1, 0.15) is 29.7 Å². The van der Waals surface area contributed by atoms with Gasteiger partial charge in [0.1, 0.15) is 23.9 Å². The lowest BCUT2D eigenvalue weighted by atomic mass is 9.95. The van der Waals surface area contributed by atoms with Crippen LogP contribution in [0.4, 0.5) is 5.13 Å². The van der Waals surface area contributed by atoms with Gasteiger partial charge in [0.2, 0.25) is 0 Å². The molecule has 1 fully saturated rings. The summed E-state index contributed by atoms with van der Waals surface area (Å²) in [6, 6.07) is 24.8. The summed E-state index contributed by atoms with van der Waals surface area (Å²) in [6.07, 6.45) is 3.03. The average Bonchev–Trinajstić information content (AvgIpc) is 3.54. The minimum atomic E-state index is -0.904. The summed E-state index contributed by atoms with van der Waals surface area (Å²) in [4.78, 5) is 37.1. The van der Waals surface area contributed by atoms with Gasteiger partial charge in [-0.1, -0.05) is 53.8 Å². The highest BCUT2D eigenvalue weighted by molar-refractivity contribution is 7.22. The molecule has 3 aromatic carbocycles. The van der Waals surface area contributed by atoms with E-state index in [9.17, 15) is 14.7 Å². The number of pyridine rings is 1. The maximum absolute atomic E-state index is 13.5. The Bertz CT molecular complexity index is 1750. The fourth-order valence-corrected chi connectivity index (χ4v) is 5.77. The molecule has 0 aliphatic carbocycles. The van der Waals surface area contributed by atoms with E-state index in [-0.39, 0.29) is 11.3 Å². The number of nitrogens with zero attached hydrogens (tertiary/aromatic N) is 3. The molecule has 204 valence electrons. The van der Waals surface area contributed by atoms with Gasteiger partial charge in [-0.15, -0.1) is 0 Å². The molecule has 1 unspecified atom stereocenters. The number of fused-ring (bicyclic) bond motifs is 1.